The zero-order valence-corrected chi connectivity index (χ0v) is 16.1. The summed E-state index contributed by atoms with van der Waals surface area (Å²) in [5, 5.41) is 0. The normalized spacial score (nSPS) is 13.0. The first-order valence-electron chi connectivity index (χ1n) is 5.89. The Morgan fingerprint density at radius 3 is 1.56 bits per heavy atom. The van der Waals surface area contributed by atoms with Gasteiger partial charge in [-0.1, -0.05) is 22.6 Å². The molecule has 0 N–H and O–H groups in total. The van der Waals surface area contributed by atoms with E-state index in [1.165, 1.54) is 0 Å². The van der Waals surface area contributed by atoms with Gasteiger partial charge in [0.05, 0.1) is 0 Å². The fourth-order valence-corrected chi connectivity index (χ4v) is 8.76. The van der Waals surface area contributed by atoms with Gasteiger partial charge in [-0.3, -0.25) is 0 Å². The summed E-state index contributed by atoms with van der Waals surface area (Å²) in [5.41, 5.74) is 0. The molecule has 110 valence electrons. The molecule has 5 nitrogen and oxygen atoms in total. The minimum Gasteiger partial charge on any atom is -0.398 e. The average molecular weight is 408 g/mol. The summed E-state index contributed by atoms with van der Waals surface area (Å²) < 4.78 is 28.8. The van der Waals surface area contributed by atoms with Gasteiger partial charge < -0.3 is 22.1 Å². The van der Waals surface area contributed by atoms with Crippen molar-refractivity contribution in [3.05, 3.63) is 0 Å². The molecule has 8 heteroatoms. The third kappa shape index (κ3) is 5.53. The summed E-state index contributed by atoms with van der Waals surface area (Å²) in [5.74, 6) is 0. The molecule has 0 saturated carbocycles. The Hall–Kier alpha value is 0.964. The minimum absolute atomic E-state index is 0.728. The molecule has 18 heavy (non-hydrogen) atoms. The first-order chi connectivity index (χ1) is 8.57. The predicted molar refractivity (Wildman–Crippen MR) is 84.5 cm³/mol. The Labute approximate surface area is 126 Å². The van der Waals surface area contributed by atoms with Crippen molar-refractivity contribution >= 4 is 40.0 Å². The number of halogens is 1. The van der Waals surface area contributed by atoms with Crippen molar-refractivity contribution in [2.24, 2.45) is 0 Å². The van der Waals surface area contributed by atoms with Gasteiger partial charge in [0.15, 0.2) is 0 Å². The lowest BCUT2D eigenvalue weighted by Crippen LogP contribution is -2.47. The largest absolute Gasteiger partial charge is 0.500 e. The molecule has 0 unspecified atom stereocenters. The van der Waals surface area contributed by atoms with Gasteiger partial charge in [-0.2, -0.15) is 0 Å². The topological polar surface area (TPSA) is 46.2 Å². The predicted octanol–water partition coefficient (Wildman–Crippen LogP) is 2.42. The highest BCUT2D eigenvalue weighted by molar-refractivity contribution is 14.1. The summed E-state index contributed by atoms with van der Waals surface area (Å²) in [7, 11) is 3.71. The molecule has 0 fully saturated rings. The summed E-state index contributed by atoms with van der Waals surface area (Å²) in [6.07, 6.45) is 1.11. The molecular weight excluding hydrogens is 383 g/mol. The van der Waals surface area contributed by atoms with Crippen LogP contribution in [0.15, 0.2) is 0 Å². The molecule has 0 aromatic heterocycles. The molecule has 0 rings (SSSR count). The standard InChI is InChI=1S/C10H25IO5Si2/c1-12-17(13-2,8-6-7-11)9-10-18(14-3,15-4)16-5/h6-10H2,1-5H3. The molecule has 0 spiro atoms. The van der Waals surface area contributed by atoms with E-state index in [0.29, 0.717) is 0 Å². The Morgan fingerprint density at radius 2 is 1.22 bits per heavy atom. The van der Waals surface area contributed by atoms with Crippen LogP contribution < -0.4 is 0 Å². The fraction of sp³-hybridized carbons (Fsp3) is 1.00. The second-order valence-electron chi connectivity index (χ2n) is 3.91. The third-order valence-corrected chi connectivity index (χ3v) is 10.8. The summed E-state index contributed by atoms with van der Waals surface area (Å²) in [6, 6.07) is 2.55. The highest BCUT2D eigenvalue weighted by Gasteiger charge is 2.44. The second-order valence-corrected chi connectivity index (χ2v) is 11.7. The molecule has 0 aromatic carbocycles. The van der Waals surface area contributed by atoms with E-state index >= 15 is 0 Å². The van der Waals surface area contributed by atoms with Crippen LogP contribution in [-0.2, 0) is 22.1 Å². The Bertz CT molecular complexity index is 204. The van der Waals surface area contributed by atoms with Crippen LogP contribution >= 0.6 is 22.6 Å². The van der Waals surface area contributed by atoms with E-state index in [0.717, 1.165) is 29.0 Å². The quantitative estimate of drug-likeness (QED) is 0.299. The van der Waals surface area contributed by atoms with Crippen molar-refractivity contribution in [3.8, 4) is 0 Å². The Balaban J connectivity index is 4.58. The van der Waals surface area contributed by atoms with Crippen molar-refractivity contribution in [3.63, 3.8) is 0 Å². The maximum atomic E-state index is 5.69. The number of alkyl halides is 1. The van der Waals surface area contributed by atoms with Gasteiger partial charge in [-0.25, -0.2) is 0 Å². The highest BCUT2D eigenvalue weighted by atomic mass is 127. The highest BCUT2D eigenvalue weighted by Crippen LogP contribution is 2.27. The molecule has 0 heterocycles. The van der Waals surface area contributed by atoms with Crippen molar-refractivity contribution in [2.45, 2.75) is 24.6 Å². The molecule has 0 aromatic rings. The molecule has 0 amide bonds. The van der Waals surface area contributed by atoms with E-state index in [9.17, 15) is 0 Å². The summed E-state index contributed by atoms with van der Waals surface area (Å²) in [6.45, 7) is 0. The van der Waals surface area contributed by atoms with E-state index < -0.39 is 17.4 Å². The monoisotopic (exact) mass is 408 g/mol. The molecule has 0 bridgehead atoms. The van der Waals surface area contributed by atoms with Gasteiger partial charge in [0, 0.05) is 41.6 Å². The number of rotatable bonds is 11. The van der Waals surface area contributed by atoms with Crippen LogP contribution in [0.1, 0.15) is 6.42 Å². The summed E-state index contributed by atoms with van der Waals surface area (Å²) >= 11 is 2.37. The zero-order valence-electron chi connectivity index (χ0n) is 12.0. The van der Waals surface area contributed by atoms with Crippen LogP contribution in [-0.4, -0.2) is 57.3 Å². The van der Waals surface area contributed by atoms with Gasteiger partial charge in [0.2, 0.25) is 0 Å². The van der Waals surface area contributed by atoms with Gasteiger partial charge in [-0.05, 0) is 22.9 Å². The summed E-state index contributed by atoms with van der Waals surface area (Å²) in [4.78, 5) is 0. The van der Waals surface area contributed by atoms with Crippen LogP contribution in [0.5, 0.6) is 0 Å². The first kappa shape index (κ1) is 19.0. The Kier molecular flexibility index (Phi) is 10.3. The van der Waals surface area contributed by atoms with Crippen LogP contribution in [0.3, 0.4) is 0 Å². The maximum Gasteiger partial charge on any atom is 0.500 e. The lowest BCUT2D eigenvalue weighted by Gasteiger charge is -2.31. The SMILES string of the molecule is CO[Si](CCCI)(CC[Si](OC)(OC)OC)OC. The van der Waals surface area contributed by atoms with Gasteiger partial charge >= 0.3 is 17.4 Å². The zero-order chi connectivity index (χ0) is 14.1. The van der Waals surface area contributed by atoms with Crippen molar-refractivity contribution in [2.75, 3.05) is 40.0 Å². The third-order valence-electron chi connectivity index (χ3n) is 3.18. The van der Waals surface area contributed by atoms with Gasteiger partial charge in [0.1, 0.15) is 0 Å². The number of hydrogen-bond acceptors (Lipinski definition) is 5. The Morgan fingerprint density at radius 1 is 0.722 bits per heavy atom. The number of hydrogen-bond donors (Lipinski definition) is 0. The second kappa shape index (κ2) is 9.80. The molecule has 0 atom stereocenters. The van der Waals surface area contributed by atoms with Gasteiger partial charge in [0.25, 0.3) is 0 Å². The smallest absolute Gasteiger partial charge is 0.398 e. The van der Waals surface area contributed by atoms with Crippen LogP contribution in [0.4, 0.5) is 0 Å². The maximum absolute atomic E-state index is 5.69. The molecule has 0 saturated heterocycles. The molecule has 0 aliphatic carbocycles. The fourth-order valence-electron chi connectivity index (χ4n) is 1.85. The first-order valence-corrected chi connectivity index (χ1v) is 11.6. The van der Waals surface area contributed by atoms with E-state index in [2.05, 4.69) is 22.6 Å². The molecule has 0 aliphatic heterocycles. The minimum atomic E-state index is -2.53. The van der Waals surface area contributed by atoms with Crippen LogP contribution in [0.25, 0.3) is 0 Å². The van der Waals surface area contributed by atoms with E-state index in [1.54, 1.807) is 35.5 Å². The van der Waals surface area contributed by atoms with Crippen LogP contribution in [0.2, 0.25) is 18.1 Å². The lowest BCUT2D eigenvalue weighted by molar-refractivity contribution is 0.123. The average Bonchev–Trinajstić information content (AvgIpc) is 2.44. The van der Waals surface area contributed by atoms with E-state index in [1.807, 2.05) is 0 Å². The van der Waals surface area contributed by atoms with Crippen molar-refractivity contribution in [1.29, 1.82) is 0 Å². The molecule has 0 radical (unpaired) electrons. The van der Waals surface area contributed by atoms with Gasteiger partial charge in [-0.15, -0.1) is 0 Å². The van der Waals surface area contributed by atoms with E-state index in [-0.39, 0.29) is 0 Å². The van der Waals surface area contributed by atoms with Crippen molar-refractivity contribution < 1.29 is 22.1 Å². The lowest BCUT2D eigenvalue weighted by atomic mass is 10.6. The van der Waals surface area contributed by atoms with E-state index in [4.69, 9.17) is 22.1 Å². The molecule has 0 aliphatic rings. The molecular formula is C10H25IO5Si2. The van der Waals surface area contributed by atoms with Crippen molar-refractivity contribution in [1.82, 2.24) is 0 Å². The van der Waals surface area contributed by atoms with Crippen LogP contribution in [0, 0.1) is 0 Å².